The van der Waals surface area contributed by atoms with E-state index in [1.54, 1.807) is 42.5 Å². The molecule has 2 N–H and O–H groups in total. The van der Waals surface area contributed by atoms with Crippen molar-refractivity contribution < 1.29 is 14.3 Å². The maximum absolute atomic E-state index is 12.0. The van der Waals surface area contributed by atoms with Crippen LogP contribution in [0.1, 0.15) is 28.4 Å². The molecule has 2 rings (SSSR count). The molecule has 0 saturated carbocycles. The van der Waals surface area contributed by atoms with Crippen LogP contribution in [-0.2, 0) is 11.3 Å². The number of benzene rings is 2. The zero-order valence-electron chi connectivity index (χ0n) is 13.9. The van der Waals surface area contributed by atoms with Gasteiger partial charge < -0.3 is 15.4 Å². The number of hydrogen-bond donors (Lipinski definition) is 2. The maximum atomic E-state index is 12.0. The minimum Gasteiger partial charge on any atom is -0.494 e. The van der Waals surface area contributed by atoms with Crippen molar-refractivity contribution in [3.05, 3.63) is 65.2 Å². The van der Waals surface area contributed by atoms with E-state index in [4.69, 9.17) is 10.00 Å². The normalized spacial score (nSPS) is 9.76. The van der Waals surface area contributed by atoms with Gasteiger partial charge in [0.1, 0.15) is 5.75 Å². The summed E-state index contributed by atoms with van der Waals surface area (Å²) in [5.74, 6) is 0.0581. The third-order valence-corrected chi connectivity index (χ3v) is 3.38. The molecule has 2 aromatic rings. The average Bonchev–Trinajstić information content (AvgIpc) is 2.65. The highest BCUT2D eigenvalue weighted by atomic mass is 16.5. The molecule has 0 radical (unpaired) electrons. The lowest BCUT2D eigenvalue weighted by Gasteiger charge is -2.08. The van der Waals surface area contributed by atoms with Crippen LogP contribution in [0.2, 0.25) is 0 Å². The lowest BCUT2D eigenvalue weighted by atomic mass is 10.1. The van der Waals surface area contributed by atoms with E-state index in [0.29, 0.717) is 30.0 Å². The van der Waals surface area contributed by atoms with Crippen molar-refractivity contribution in [2.75, 3.05) is 13.2 Å². The quantitative estimate of drug-likeness (QED) is 0.808. The fourth-order valence-electron chi connectivity index (χ4n) is 2.15. The van der Waals surface area contributed by atoms with E-state index in [9.17, 15) is 9.59 Å². The molecule has 0 atom stereocenters. The summed E-state index contributed by atoms with van der Waals surface area (Å²) in [4.78, 5) is 23.8. The van der Waals surface area contributed by atoms with E-state index in [1.807, 2.05) is 19.1 Å². The fourth-order valence-corrected chi connectivity index (χ4v) is 2.15. The monoisotopic (exact) mass is 337 g/mol. The summed E-state index contributed by atoms with van der Waals surface area (Å²) in [5, 5.41) is 14.1. The summed E-state index contributed by atoms with van der Waals surface area (Å²) in [6.07, 6.45) is 0. The summed E-state index contributed by atoms with van der Waals surface area (Å²) in [7, 11) is 0. The smallest absolute Gasteiger partial charge is 0.251 e. The molecule has 0 aliphatic carbocycles. The van der Waals surface area contributed by atoms with E-state index < -0.39 is 0 Å². The molecule has 0 unspecified atom stereocenters. The number of carbonyl (C=O) groups excluding carboxylic acids is 2. The zero-order valence-corrected chi connectivity index (χ0v) is 13.9. The van der Waals surface area contributed by atoms with Gasteiger partial charge in [-0.25, -0.2) is 0 Å². The van der Waals surface area contributed by atoms with E-state index in [1.165, 1.54) is 0 Å². The minimum atomic E-state index is -0.329. The van der Waals surface area contributed by atoms with Crippen LogP contribution in [0, 0.1) is 11.3 Å². The molecule has 0 fully saturated rings. The number of carbonyl (C=O) groups is 2. The van der Waals surface area contributed by atoms with Gasteiger partial charge in [0.05, 0.1) is 24.8 Å². The van der Waals surface area contributed by atoms with Crippen molar-refractivity contribution >= 4 is 11.8 Å². The third kappa shape index (κ3) is 5.66. The van der Waals surface area contributed by atoms with Gasteiger partial charge in [0.2, 0.25) is 5.91 Å². The summed E-state index contributed by atoms with van der Waals surface area (Å²) >= 11 is 0. The molecule has 2 aromatic carbocycles. The third-order valence-electron chi connectivity index (χ3n) is 3.38. The maximum Gasteiger partial charge on any atom is 0.251 e. The largest absolute Gasteiger partial charge is 0.494 e. The predicted molar refractivity (Wildman–Crippen MR) is 92.9 cm³/mol. The number of rotatable bonds is 7. The van der Waals surface area contributed by atoms with E-state index >= 15 is 0 Å². The Hall–Kier alpha value is -3.33. The Morgan fingerprint density at radius 1 is 1.12 bits per heavy atom. The van der Waals surface area contributed by atoms with Crippen LogP contribution in [0.5, 0.6) is 5.75 Å². The summed E-state index contributed by atoms with van der Waals surface area (Å²) in [5.41, 5.74) is 1.82. The number of nitrogens with zero attached hydrogens (tertiary/aromatic N) is 1. The molecular weight excluding hydrogens is 318 g/mol. The zero-order chi connectivity index (χ0) is 18.1. The lowest BCUT2D eigenvalue weighted by molar-refractivity contribution is -0.120. The van der Waals surface area contributed by atoms with Crippen molar-refractivity contribution in [3.63, 3.8) is 0 Å². The van der Waals surface area contributed by atoms with Crippen LogP contribution in [0.4, 0.5) is 0 Å². The molecule has 0 aromatic heterocycles. The second-order valence-electron chi connectivity index (χ2n) is 5.23. The summed E-state index contributed by atoms with van der Waals surface area (Å²) < 4.78 is 5.31. The van der Waals surface area contributed by atoms with E-state index in [0.717, 1.165) is 5.56 Å². The molecule has 2 amide bonds. The van der Waals surface area contributed by atoms with Crippen LogP contribution in [-0.4, -0.2) is 25.0 Å². The van der Waals surface area contributed by atoms with Crippen molar-refractivity contribution in [1.82, 2.24) is 10.6 Å². The molecule has 128 valence electrons. The van der Waals surface area contributed by atoms with E-state index in [2.05, 4.69) is 10.6 Å². The average molecular weight is 337 g/mol. The van der Waals surface area contributed by atoms with Gasteiger partial charge in [-0.15, -0.1) is 0 Å². The van der Waals surface area contributed by atoms with Crippen molar-refractivity contribution in [3.8, 4) is 11.8 Å². The second kappa shape index (κ2) is 9.08. The van der Waals surface area contributed by atoms with E-state index in [-0.39, 0.29) is 18.4 Å². The highest BCUT2D eigenvalue weighted by Gasteiger charge is 2.08. The molecule has 0 aliphatic rings. The van der Waals surface area contributed by atoms with Crippen molar-refractivity contribution in [2.24, 2.45) is 0 Å². The Morgan fingerprint density at radius 2 is 1.88 bits per heavy atom. The van der Waals surface area contributed by atoms with Crippen LogP contribution in [0.25, 0.3) is 0 Å². The molecule has 0 spiro atoms. The SMILES string of the molecule is CCOc1ccc(C(=O)NCC(=O)NCc2cccc(C#N)c2)cc1. The van der Waals surface area contributed by atoms with Crippen LogP contribution >= 0.6 is 0 Å². The number of amides is 2. The molecule has 0 saturated heterocycles. The topological polar surface area (TPSA) is 91.2 Å². The number of nitrogens with one attached hydrogen (secondary N) is 2. The van der Waals surface area contributed by atoms with Crippen molar-refractivity contribution in [1.29, 1.82) is 5.26 Å². The van der Waals surface area contributed by atoms with Gasteiger partial charge in [0.25, 0.3) is 5.91 Å². The van der Waals surface area contributed by atoms with Gasteiger partial charge in [0.15, 0.2) is 0 Å². The fraction of sp³-hybridized carbons (Fsp3) is 0.211. The summed E-state index contributed by atoms with van der Waals surface area (Å²) in [6.45, 7) is 2.62. The Bertz CT molecular complexity index is 779. The van der Waals surface area contributed by atoms with Gasteiger partial charge >= 0.3 is 0 Å². The number of hydrogen-bond acceptors (Lipinski definition) is 4. The first-order valence-corrected chi connectivity index (χ1v) is 7.89. The van der Waals surface area contributed by atoms with Crippen LogP contribution in [0.3, 0.4) is 0 Å². The molecule has 6 heteroatoms. The van der Waals surface area contributed by atoms with Gasteiger partial charge in [-0.3, -0.25) is 9.59 Å². The molecule has 0 aliphatic heterocycles. The Balaban J connectivity index is 1.79. The van der Waals surface area contributed by atoms with Crippen molar-refractivity contribution in [2.45, 2.75) is 13.5 Å². The van der Waals surface area contributed by atoms with Crippen LogP contribution in [0.15, 0.2) is 48.5 Å². The molecule has 0 heterocycles. The van der Waals surface area contributed by atoms with Crippen LogP contribution < -0.4 is 15.4 Å². The second-order valence-corrected chi connectivity index (χ2v) is 5.23. The Kier molecular flexibility index (Phi) is 6.55. The molecule has 25 heavy (non-hydrogen) atoms. The Labute approximate surface area is 146 Å². The molecule has 0 bridgehead atoms. The van der Waals surface area contributed by atoms with Gasteiger partial charge in [-0.2, -0.15) is 5.26 Å². The van der Waals surface area contributed by atoms with Gasteiger partial charge in [-0.1, -0.05) is 12.1 Å². The Morgan fingerprint density at radius 3 is 2.56 bits per heavy atom. The molecular formula is C19H19N3O3. The highest BCUT2D eigenvalue weighted by molar-refractivity contribution is 5.96. The van der Waals surface area contributed by atoms with Gasteiger partial charge in [-0.05, 0) is 48.9 Å². The highest BCUT2D eigenvalue weighted by Crippen LogP contribution is 2.11. The van der Waals surface area contributed by atoms with Gasteiger partial charge in [0, 0.05) is 12.1 Å². The standard InChI is InChI=1S/C19H19N3O3/c1-2-25-17-8-6-16(7-9-17)19(24)22-13-18(23)21-12-15-5-3-4-14(10-15)11-20/h3-10H,2,12-13H2,1H3,(H,21,23)(H,22,24). The first-order valence-electron chi connectivity index (χ1n) is 7.89. The first-order chi connectivity index (χ1) is 12.1. The number of ether oxygens (including phenoxy) is 1. The lowest BCUT2D eigenvalue weighted by Crippen LogP contribution is -2.36. The predicted octanol–water partition coefficient (Wildman–Crippen LogP) is 2.00. The first kappa shape index (κ1) is 18.0. The number of nitriles is 1. The molecule has 6 nitrogen and oxygen atoms in total. The summed E-state index contributed by atoms with van der Waals surface area (Å²) in [6, 6.07) is 15.7. The minimum absolute atomic E-state index is 0.121.